The van der Waals surface area contributed by atoms with E-state index in [1.54, 1.807) is 19.2 Å². The van der Waals surface area contributed by atoms with Crippen molar-refractivity contribution in [3.63, 3.8) is 0 Å². The van der Waals surface area contributed by atoms with Crippen LogP contribution in [0.5, 0.6) is 5.75 Å². The minimum absolute atomic E-state index is 0.520. The molecule has 0 aliphatic rings. The predicted molar refractivity (Wildman–Crippen MR) is 78.2 cm³/mol. The van der Waals surface area contributed by atoms with Crippen LogP contribution < -0.4 is 10.1 Å². The fraction of sp³-hybridized carbons (Fsp3) is 0.231. The second-order valence-electron chi connectivity index (χ2n) is 3.76. The average molecular weight is 298 g/mol. The molecule has 2 aromatic rings. The quantitative estimate of drug-likeness (QED) is 0.930. The molecule has 0 unspecified atom stereocenters. The van der Waals surface area contributed by atoms with Gasteiger partial charge in [-0.15, -0.1) is 0 Å². The summed E-state index contributed by atoms with van der Waals surface area (Å²) >= 11 is 12.1. The van der Waals surface area contributed by atoms with Crippen molar-refractivity contribution in [2.45, 2.75) is 6.92 Å². The van der Waals surface area contributed by atoms with Crippen molar-refractivity contribution in [3.8, 4) is 17.0 Å². The molecule has 1 heterocycles. The van der Waals surface area contributed by atoms with Crippen LogP contribution in [0.1, 0.15) is 6.92 Å². The van der Waals surface area contributed by atoms with Crippen molar-refractivity contribution in [3.05, 3.63) is 34.6 Å². The number of benzene rings is 1. The van der Waals surface area contributed by atoms with Crippen LogP contribution in [0.3, 0.4) is 0 Å². The van der Waals surface area contributed by atoms with Gasteiger partial charge in [-0.1, -0.05) is 23.2 Å². The fourth-order valence-electron chi connectivity index (χ4n) is 1.73. The summed E-state index contributed by atoms with van der Waals surface area (Å²) in [6, 6.07) is 5.25. The molecular formula is C13H13Cl2N3O. The number of nitrogens with zero attached hydrogens (tertiary/aromatic N) is 2. The highest BCUT2D eigenvalue weighted by atomic mass is 35.5. The van der Waals surface area contributed by atoms with Gasteiger partial charge in [-0.2, -0.15) is 0 Å². The molecule has 0 spiro atoms. The van der Waals surface area contributed by atoms with E-state index in [4.69, 9.17) is 27.9 Å². The van der Waals surface area contributed by atoms with E-state index in [0.717, 1.165) is 12.1 Å². The van der Waals surface area contributed by atoms with Gasteiger partial charge in [0.1, 0.15) is 12.0 Å². The Morgan fingerprint density at radius 1 is 1.26 bits per heavy atom. The summed E-state index contributed by atoms with van der Waals surface area (Å²) in [6.07, 6.45) is 1.47. The van der Waals surface area contributed by atoms with Gasteiger partial charge in [0, 0.05) is 17.1 Å². The van der Waals surface area contributed by atoms with Crippen LogP contribution in [-0.2, 0) is 0 Å². The van der Waals surface area contributed by atoms with Crippen LogP contribution >= 0.6 is 23.2 Å². The zero-order valence-corrected chi connectivity index (χ0v) is 12.1. The first kappa shape index (κ1) is 13.9. The Morgan fingerprint density at radius 3 is 2.68 bits per heavy atom. The van der Waals surface area contributed by atoms with Crippen molar-refractivity contribution in [2.24, 2.45) is 0 Å². The number of halogens is 2. The van der Waals surface area contributed by atoms with E-state index < -0.39 is 0 Å². The van der Waals surface area contributed by atoms with Crippen molar-refractivity contribution in [2.75, 3.05) is 19.0 Å². The van der Waals surface area contributed by atoms with Gasteiger partial charge in [0.2, 0.25) is 0 Å². The van der Waals surface area contributed by atoms with Crippen molar-refractivity contribution < 1.29 is 4.74 Å². The summed E-state index contributed by atoms with van der Waals surface area (Å²) < 4.78 is 5.39. The zero-order chi connectivity index (χ0) is 13.8. The highest BCUT2D eigenvalue weighted by molar-refractivity contribution is 6.36. The molecule has 1 aromatic carbocycles. The van der Waals surface area contributed by atoms with Crippen LogP contribution in [0.25, 0.3) is 11.3 Å². The Bertz CT molecular complexity index is 590. The number of nitrogens with one attached hydrogen (secondary N) is 1. The lowest BCUT2D eigenvalue weighted by molar-refractivity contribution is 0.414. The number of hydrogen-bond donors (Lipinski definition) is 1. The first-order valence-corrected chi connectivity index (χ1v) is 6.51. The minimum atomic E-state index is 0.520. The number of anilines is 1. The average Bonchev–Trinajstić information content (AvgIpc) is 2.39. The van der Waals surface area contributed by atoms with Gasteiger partial charge in [-0.3, -0.25) is 0 Å². The third-order valence-electron chi connectivity index (χ3n) is 2.54. The van der Waals surface area contributed by atoms with E-state index in [-0.39, 0.29) is 0 Å². The summed E-state index contributed by atoms with van der Waals surface area (Å²) in [7, 11) is 1.58. The second kappa shape index (κ2) is 6.08. The van der Waals surface area contributed by atoms with Crippen LogP contribution in [0.15, 0.2) is 24.5 Å². The highest BCUT2D eigenvalue weighted by Crippen LogP contribution is 2.37. The Balaban J connectivity index is 2.58. The standard InChI is InChI=1S/C13H13Cl2N3O/c1-3-16-13-12(19-2)11(17-7-18-13)9-5-4-8(14)6-10(9)15/h4-7H,3H2,1-2H3,(H,16,17,18). The lowest BCUT2D eigenvalue weighted by Crippen LogP contribution is -2.04. The van der Waals surface area contributed by atoms with Gasteiger partial charge in [-0.25, -0.2) is 9.97 Å². The molecule has 0 amide bonds. The Hall–Kier alpha value is -1.52. The van der Waals surface area contributed by atoms with Gasteiger partial charge in [-0.05, 0) is 25.1 Å². The third-order valence-corrected chi connectivity index (χ3v) is 3.09. The lowest BCUT2D eigenvalue weighted by Gasteiger charge is -2.13. The molecule has 0 atom stereocenters. The lowest BCUT2D eigenvalue weighted by atomic mass is 10.1. The van der Waals surface area contributed by atoms with Gasteiger partial charge < -0.3 is 10.1 Å². The zero-order valence-electron chi connectivity index (χ0n) is 10.6. The van der Waals surface area contributed by atoms with Gasteiger partial charge >= 0.3 is 0 Å². The smallest absolute Gasteiger partial charge is 0.187 e. The Morgan fingerprint density at radius 2 is 2.05 bits per heavy atom. The molecule has 19 heavy (non-hydrogen) atoms. The van der Waals surface area contributed by atoms with Crippen LogP contribution in [0, 0.1) is 0 Å². The number of ether oxygens (including phenoxy) is 1. The molecule has 0 radical (unpaired) electrons. The molecule has 0 aliphatic heterocycles. The summed E-state index contributed by atoms with van der Waals surface area (Å²) in [5.41, 5.74) is 1.39. The van der Waals surface area contributed by atoms with Crippen LogP contribution in [-0.4, -0.2) is 23.6 Å². The maximum absolute atomic E-state index is 6.20. The monoisotopic (exact) mass is 297 g/mol. The number of methoxy groups -OCH3 is 1. The Kier molecular flexibility index (Phi) is 4.45. The van der Waals surface area contributed by atoms with Gasteiger partial charge in [0.25, 0.3) is 0 Å². The molecule has 0 saturated carbocycles. The van der Waals surface area contributed by atoms with Gasteiger partial charge in [0.05, 0.1) is 12.1 Å². The maximum Gasteiger partial charge on any atom is 0.187 e. The topological polar surface area (TPSA) is 47.0 Å². The summed E-state index contributed by atoms with van der Waals surface area (Å²) in [5, 5.41) is 4.22. The van der Waals surface area contributed by atoms with Crippen molar-refractivity contribution in [1.82, 2.24) is 9.97 Å². The van der Waals surface area contributed by atoms with Crippen LogP contribution in [0.2, 0.25) is 10.0 Å². The fourth-order valence-corrected chi connectivity index (χ4v) is 2.23. The maximum atomic E-state index is 6.20. The van der Waals surface area contributed by atoms with Crippen molar-refractivity contribution in [1.29, 1.82) is 0 Å². The highest BCUT2D eigenvalue weighted by Gasteiger charge is 2.15. The summed E-state index contributed by atoms with van der Waals surface area (Å²) in [5.74, 6) is 1.20. The molecule has 1 aromatic heterocycles. The Labute approximate surface area is 121 Å². The van der Waals surface area contributed by atoms with E-state index in [1.807, 2.05) is 13.0 Å². The second-order valence-corrected chi connectivity index (χ2v) is 4.60. The number of rotatable bonds is 4. The molecule has 1 N–H and O–H groups in total. The first-order valence-electron chi connectivity index (χ1n) is 5.75. The van der Waals surface area contributed by atoms with E-state index in [0.29, 0.717) is 27.3 Å². The SMILES string of the molecule is CCNc1ncnc(-c2ccc(Cl)cc2Cl)c1OC. The molecule has 4 nitrogen and oxygen atoms in total. The largest absolute Gasteiger partial charge is 0.491 e. The van der Waals surface area contributed by atoms with E-state index in [9.17, 15) is 0 Å². The predicted octanol–water partition coefficient (Wildman–Crippen LogP) is 3.89. The normalized spacial score (nSPS) is 10.3. The van der Waals surface area contributed by atoms with Crippen molar-refractivity contribution >= 4 is 29.0 Å². The minimum Gasteiger partial charge on any atom is -0.491 e. The summed E-state index contributed by atoms with van der Waals surface area (Å²) in [6.45, 7) is 2.72. The molecule has 0 saturated heterocycles. The molecule has 2 rings (SSSR count). The number of hydrogen-bond acceptors (Lipinski definition) is 4. The van der Waals surface area contributed by atoms with E-state index in [2.05, 4.69) is 15.3 Å². The molecule has 100 valence electrons. The first-order chi connectivity index (χ1) is 9.17. The summed E-state index contributed by atoms with van der Waals surface area (Å²) in [4.78, 5) is 8.41. The van der Waals surface area contributed by atoms with E-state index in [1.165, 1.54) is 6.33 Å². The molecule has 6 heteroatoms. The van der Waals surface area contributed by atoms with E-state index >= 15 is 0 Å². The molecule has 0 fully saturated rings. The molecular weight excluding hydrogens is 285 g/mol. The molecule has 0 bridgehead atoms. The van der Waals surface area contributed by atoms with Crippen LogP contribution in [0.4, 0.5) is 5.82 Å². The number of aromatic nitrogens is 2. The van der Waals surface area contributed by atoms with Gasteiger partial charge in [0.15, 0.2) is 11.6 Å². The third kappa shape index (κ3) is 2.91. The molecule has 0 aliphatic carbocycles.